The molecule has 3 aromatic rings. The van der Waals surface area contributed by atoms with Gasteiger partial charge >= 0.3 is 0 Å². The molecule has 43 heavy (non-hydrogen) atoms. The van der Waals surface area contributed by atoms with Crippen molar-refractivity contribution >= 4 is 23.2 Å². The van der Waals surface area contributed by atoms with Crippen molar-refractivity contribution in [2.24, 2.45) is 23.2 Å². The Labute approximate surface area is 260 Å². The molecule has 5 nitrogen and oxygen atoms in total. The van der Waals surface area contributed by atoms with Crippen LogP contribution in [0.2, 0.25) is 5.02 Å². The topological polar surface area (TPSA) is 59.0 Å². The summed E-state index contributed by atoms with van der Waals surface area (Å²) >= 11 is 6.29. The zero-order valence-electron chi connectivity index (χ0n) is 25.6. The van der Waals surface area contributed by atoms with Crippen LogP contribution >= 0.6 is 11.6 Å². The number of halogens is 1. The summed E-state index contributed by atoms with van der Waals surface area (Å²) in [5.74, 6) is 3.56. The van der Waals surface area contributed by atoms with Gasteiger partial charge in [-0.15, -0.1) is 0 Å². The van der Waals surface area contributed by atoms with Crippen molar-refractivity contribution in [3.05, 3.63) is 87.9 Å². The maximum Gasteiger partial charge on any atom is 0.232 e. The molecule has 0 saturated heterocycles. The van der Waals surface area contributed by atoms with Crippen molar-refractivity contribution in [1.82, 2.24) is 0 Å². The zero-order chi connectivity index (χ0) is 30.1. The van der Waals surface area contributed by atoms with Crippen LogP contribution in [0.15, 0.2) is 60.7 Å². The largest absolute Gasteiger partial charge is 0.493 e. The second-order valence-electron chi connectivity index (χ2n) is 14.1. The number of aliphatic hydroxyl groups is 1. The third-order valence-electron chi connectivity index (χ3n) is 10.9. The van der Waals surface area contributed by atoms with Gasteiger partial charge < -0.3 is 19.5 Å². The molecule has 6 heteroatoms. The minimum Gasteiger partial charge on any atom is -0.493 e. The van der Waals surface area contributed by atoms with E-state index in [1.807, 2.05) is 74.2 Å². The summed E-state index contributed by atoms with van der Waals surface area (Å²) in [6.07, 6.45) is 7.62. The van der Waals surface area contributed by atoms with Crippen LogP contribution in [-0.4, -0.2) is 24.2 Å². The van der Waals surface area contributed by atoms with Crippen LogP contribution in [0.4, 0.5) is 5.69 Å². The number of carbonyl (C=O) groups excluding carboxylic acids is 1. The van der Waals surface area contributed by atoms with E-state index in [2.05, 4.69) is 12.1 Å². The smallest absolute Gasteiger partial charge is 0.232 e. The highest BCUT2D eigenvalue weighted by atomic mass is 35.5. The van der Waals surface area contributed by atoms with Crippen molar-refractivity contribution in [1.29, 1.82) is 0 Å². The second kappa shape index (κ2) is 10.6. The molecule has 0 unspecified atom stereocenters. The number of anilines is 1. The fraction of sp³-hybridized carbons (Fsp3) is 0.486. The Kier molecular flexibility index (Phi) is 7.05. The average molecular weight is 600 g/mol. The lowest BCUT2D eigenvalue weighted by Gasteiger charge is -2.61. The van der Waals surface area contributed by atoms with Gasteiger partial charge in [0.05, 0.1) is 31.3 Å². The van der Waals surface area contributed by atoms with Gasteiger partial charge in [-0.05, 0) is 136 Å². The minimum atomic E-state index is -0.907. The van der Waals surface area contributed by atoms with Crippen molar-refractivity contribution in [3.8, 4) is 11.5 Å². The molecule has 1 heterocycles. The number of fused-ring (bicyclic) bond motifs is 1. The fourth-order valence-electron chi connectivity index (χ4n) is 9.29. The highest BCUT2D eigenvalue weighted by Crippen LogP contribution is 2.65. The maximum absolute atomic E-state index is 14.0. The van der Waals surface area contributed by atoms with E-state index >= 15 is 0 Å². The molecule has 4 saturated carbocycles. The second-order valence-corrected chi connectivity index (χ2v) is 14.5. The number of ether oxygens (including phenoxy) is 2. The standard InChI is InChI=1S/C37H42ClNO4/c1-22(2)43-33-18-31-27(16-32(33)42-4)17-34(40)39(35(31)26-5-9-29(38)10-6-26)30-11-7-28(8-12-30)36(3,41)37-19-23-13-24(20-37)15-25(14-23)21-37/h5-12,16,18,22-25,35,41H,13-15,17,19-21H2,1-4H3/t23?,24?,25?,35-,36-,37?/m0/s1. The number of benzene rings is 3. The van der Waals surface area contributed by atoms with Gasteiger partial charge in [-0.2, -0.15) is 0 Å². The lowest BCUT2D eigenvalue weighted by molar-refractivity contribution is -0.176. The predicted octanol–water partition coefficient (Wildman–Crippen LogP) is 8.24. The van der Waals surface area contributed by atoms with Crippen molar-refractivity contribution in [2.45, 2.75) is 83.5 Å². The van der Waals surface area contributed by atoms with Crippen LogP contribution in [0.1, 0.15) is 87.6 Å². The number of methoxy groups -OCH3 is 1. The van der Waals surface area contributed by atoms with Crippen LogP contribution in [0.3, 0.4) is 0 Å². The molecule has 1 aliphatic heterocycles. The zero-order valence-corrected chi connectivity index (χ0v) is 26.4. The first kappa shape index (κ1) is 28.7. The lowest BCUT2D eigenvalue weighted by Crippen LogP contribution is -2.55. The van der Waals surface area contributed by atoms with Gasteiger partial charge in [0.2, 0.25) is 5.91 Å². The molecule has 4 fully saturated rings. The summed E-state index contributed by atoms with van der Waals surface area (Å²) in [5, 5.41) is 12.9. The summed E-state index contributed by atoms with van der Waals surface area (Å²) < 4.78 is 11.8. The molecule has 1 N–H and O–H groups in total. The molecule has 2 atom stereocenters. The summed E-state index contributed by atoms with van der Waals surface area (Å²) in [7, 11) is 1.63. The molecule has 4 aliphatic carbocycles. The van der Waals surface area contributed by atoms with Crippen LogP contribution < -0.4 is 14.4 Å². The molecular weight excluding hydrogens is 558 g/mol. The molecule has 8 rings (SSSR count). The van der Waals surface area contributed by atoms with Gasteiger partial charge in [0, 0.05) is 16.1 Å². The molecule has 0 spiro atoms. The highest BCUT2D eigenvalue weighted by Gasteiger charge is 2.58. The Morgan fingerprint density at radius 2 is 1.53 bits per heavy atom. The van der Waals surface area contributed by atoms with E-state index < -0.39 is 5.60 Å². The van der Waals surface area contributed by atoms with Crippen LogP contribution in [-0.2, 0) is 16.8 Å². The van der Waals surface area contributed by atoms with Crippen LogP contribution in [0.25, 0.3) is 0 Å². The van der Waals surface area contributed by atoms with Crippen molar-refractivity contribution in [3.63, 3.8) is 0 Å². The number of nitrogens with zero attached hydrogens (tertiary/aromatic N) is 1. The molecule has 0 aromatic heterocycles. The molecule has 3 aromatic carbocycles. The monoisotopic (exact) mass is 599 g/mol. The summed E-state index contributed by atoms with van der Waals surface area (Å²) in [6, 6.07) is 19.5. The number of amides is 1. The summed E-state index contributed by atoms with van der Waals surface area (Å²) in [5.41, 5.74) is 3.68. The summed E-state index contributed by atoms with van der Waals surface area (Å²) in [6.45, 7) is 6.02. The van der Waals surface area contributed by atoms with E-state index in [0.29, 0.717) is 16.5 Å². The molecule has 1 amide bonds. The number of hydrogen-bond donors (Lipinski definition) is 1. The first-order valence-corrected chi connectivity index (χ1v) is 16.2. The lowest BCUT2D eigenvalue weighted by atomic mass is 9.45. The average Bonchev–Trinajstić information content (AvgIpc) is 2.96. The number of carbonyl (C=O) groups is 1. The third-order valence-corrected chi connectivity index (χ3v) is 11.2. The van der Waals surface area contributed by atoms with Crippen LogP contribution in [0, 0.1) is 23.2 Å². The Hall–Kier alpha value is -3.02. The predicted molar refractivity (Wildman–Crippen MR) is 170 cm³/mol. The van der Waals surface area contributed by atoms with E-state index in [1.54, 1.807) is 7.11 Å². The van der Waals surface area contributed by atoms with Gasteiger partial charge in [0.1, 0.15) is 0 Å². The summed E-state index contributed by atoms with van der Waals surface area (Å²) in [4.78, 5) is 15.8. The molecule has 4 bridgehead atoms. The highest BCUT2D eigenvalue weighted by molar-refractivity contribution is 6.30. The number of rotatable bonds is 7. The molecule has 5 aliphatic rings. The SMILES string of the molecule is COc1cc2c(cc1OC(C)C)[C@H](c1ccc(Cl)cc1)N(c1ccc([C@](C)(O)C34CC5CC(CC(C5)C3)C4)cc1)C(=O)C2. The quantitative estimate of drug-likeness (QED) is 0.297. The fourth-order valence-corrected chi connectivity index (χ4v) is 9.41. The molecule has 226 valence electrons. The number of hydrogen-bond acceptors (Lipinski definition) is 4. The normalized spacial score (nSPS) is 29.0. The van der Waals surface area contributed by atoms with Crippen LogP contribution in [0.5, 0.6) is 11.5 Å². The van der Waals surface area contributed by atoms with Gasteiger partial charge in [0.25, 0.3) is 0 Å². The van der Waals surface area contributed by atoms with Gasteiger partial charge in [0.15, 0.2) is 11.5 Å². The van der Waals surface area contributed by atoms with Crippen molar-refractivity contribution < 1.29 is 19.4 Å². The van der Waals surface area contributed by atoms with Gasteiger partial charge in [-0.3, -0.25) is 4.79 Å². The van der Waals surface area contributed by atoms with Gasteiger partial charge in [-0.25, -0.2) is 0 Å². The van der Waals surface area contributed by atoms with Crippen molar-refractivity contribution in [2.75, 3.05) is 12.0 Å². The first-order valence-electron chi connectivity index (χ1n) is 15.8. The van der Waals surface area contributed by atoms with E-state index in [9.17, 15) is 9.90 Å². The Morgan fingerprint density at radius 3 is 2.09 bits per heavy atom. The molecule has 0 radical (unpaired) electrons. The Bertz CT molecular complexity index is 1490. The van der Waals surface area contributed by atoms with E-state index in [0.717, 1.165) is 65.0 Å². The molecular formula is C37H42ClNO4. The van der Waals surface area contributed by atoms with E-state index in [1.165, 1.54) is 19.3 Å². The van der Waals surface area contributed by atoms with E-state index in [-0.39, 0.29) is 29.9 Å². The maximum atomic E-state index is 14.0. The Morgan fingerprint density at radius 1 is 0.930 bits per heavy atom. The Balaban J connectivity index is 1.28. The third kappa shape index (κ3) is 4.84. The minimum absolute atomic E-state index is 0.00706. The first-order chi connectivity index (χ1) is 20.6. The van der Waals surface area contributed by atoms with E-state index in [4.69, 9.17) is 21.1 Å². The van der Waals surface area contributed by atoms with Gasteiger partial charge in [-0.1, -0.05) is 35.9 Å².